The third-order valence-corrected chi connectivity index (χ3v) is 3.30. The summed E-state index contributed by atoms with van der Waals surface area (Å²) in [4.78, 5) is 13.7. The van der Waals surface area contributed by atoms with Crippen molar-refractivity contribution in [2.24, 2.45) is 0 Å². The van der Waals surface area contributed by atoms with E-state index in [1.165, 1.54) is 18.2 Å². The van der Waals surface area contributed by atoms with Gasteiger partial charge in [0.1, 0.15) is 5.82 Å². The molecule has 0 heterocycles. The van der Waals surface area contributed by atoms with Crippen LogP contribution in [-0.2, 0) is 0 Å². The standard InChI is InChI=1S/C13H19FN2O/c1-5-13(2,3)16(4)12(17)10-8-9(15)6-7-11(10)14/h6-8H,5,15H2,1-4H3. The highest BCUT2D eigenvalue weighted by atomic mass is 19.1. The number of carbonyl (C=O) groups excluding carboxylic acids is 1. The van der Waals surface area contributed by atoms with Crippen LogP contribution in [0.25, 0.3) is 0 Å². The molecule has 0 atom stereocenters. The summed E-state index contributed by atoms with van der Waals surface area (Å²) in [7, 11) is 1.68. The van der Waals surface area contributed by atoms with Crippen molar-refractivity contribution in [2.75, 3.05) is 12.8 Å². The molecule has 1 aromatic rings. The van der Waals surface area contributed by atoms with E-state index in [4.69, 9.17) is 5.73 Å². The molecule has 0 fully saturated rings. The molecule has 1 amide bonds. The lowest BCUT2D eigenvalue weighted by Gasteiger charge is -2.35. The molecule has 0 bridgehead atoms. The lowest BCUT2D eigenvalue weighted by molar-refractivity contribution is 0.0615. The number of hydrogen-bond acceptors (Lipinski definition) is 2. The lowest BCUT2D eigenvalue weighted by atomic mass is 9.98. The van der Waals surface area contributed by atoms with Crippen LogP contribution in [0.5, 0.6) is 0 Å². The number of nitrogens with two attached hydrogens (primary N) is 1. The number of amides is 1. The fraction of sp³-hybridized carbons (Fsp3) is 0.462. The molecular weight excluding hydrogens is 219 g/mol. The molecule has 94 valence electrons. The van der Waals surface area contributed by atoms with Crippen LogP contribution in [0.3, 0.4) is 0 Å². The smallest absolute Gasteiger partial charge is 0.257 e. The normalized spacial score (nSPS) is 11.4. The van der Waals surface area contributed by atoms with Crippen molar-refractivity contribution < 1.29 is 9.18 Å². The molecule has 0 spiro atoms. The number of hydrogen-bond donors (Lipinski definition) is 1. The molecule has 0 unspecified atom stereocenters. The summed E-state index contributed by atoms with van der Waals surface area (Å²) in [6, 6.07) is 4.03. The zero-order chi connectivity index (χ0) is 13.2. The van der Waals surface area contributed by atoms with Crippen molar-refractivity contribution in [3.63, 3.8) is 0 Å². The van der Waals surface area contributed by atoms with Gasteiger partial charge in [-0.15, -0.1) is 0 Å². The summed E-state index contributed by atoms with van der Waals surface area (Å²) in [6.07, 6.45) is 0.791. The second kappa shape index (κ2) is 4.73. The van der Waals surface area contributed by atoms with Gasteiger partial charge in [-0.25, -0.2) is 4.39 Å². The second-order valence-electron chi connectivity index (χ2n) is 4.77. The molecule has 0 aliphatic carbocycles. The van der Waals surface area contributed by atoms with Gasteiger partial charge in [0.15, 0.2) is 0 Å². The molecule has 0 saturated heterocycles. The van der Waals surface area contributed by atoms with Crippen LogP contribution in [0.2, 0.25) is 0 Å². The van der Waals surface area contributed by atoms with Crippen molar-refractivity contribution in [3.8, 4) is 0 Å². The van der Waals surface area contributed by atoms with E-state index in [9.17, 15) is 9.18 Å². The number of benzene rings is 1. The average molecular weight is 238 g/mol. The highest BCUT2D eigenvalue weighted by Crippen LogP contribution is 2.21. The summed E-state index contributed by atoms with van der Waals surface area (Å²) >= 11 is 0. The van der Waals surface area contributed by atoms with Gasteiger partial charge in [-0.05, 0) is 38.5 Å². The van der Waals surface area contributed by atoms with E-state index in [2.05, 4.69) is 0 Å². The molecule has 1 aromatic carbocycles. The number of nitrogens with zero attached hydrogens (tertiary/aromatic N) is 1. The topological polar surface area (TPSA) is 46.3 Å². The third-order valence-electron chi connectivity index (χ3n) is 3.30. The molecule has 0 radical (unpaired) electrons. The van der Waals surface area contributed by atoms with Gasteiger partial charge in [0, 0.05) is 18.3 Å². The van der Waals surface area contributed by atoms with Gasteiger partial charge in [-0.1, -0.05) is 6.92 Å². The van der Waals surface area contributed by atoms with E-state index in [0.29, 0.717) is 5.69 Å². The number of nitrogen functional groups attached to an aromatic ring is 1. The maximum atomic E-state index is 13.6. The van der Waals surface area contributed by atoms with E-state index in [1.54, 1.807) is 11.9 Å². The molecule has 1 rings (SSSR count). The minimum Gasteiger partial charge on any atom is -0.399 e. The van der Waals surface area contributed by atoms with Crippen molar-refractivity contribution in [2.45, 2.75) is 32.7 Å². The van der Waals surface area contributed by atoms with Gasteiger partial charge in [-0.3, -0.25) is 4.79 Å². The average Bonchev–Trinajstić information content (AvgIpc) is 2.30. The summed E-state index contributed by atoms with van der Waals surface area (Å²) in [5.41, 5.74) is 5.67. The van der Waals surface area contributed by atoms with Gasteiger partial charge in [0.25, 0.3) is 5.91 Å². The first-order valence-electron chi connectivity index (χ1n) is 5.62. The predicted molar refractivity (Wildman–Crippen MR) is 67.3 cm³/mol. The molecule has 3 nitrogen and oxygen atoms in total. The van der Waals surface area contributed by atoms with Crippen LogP contribution in [-0.4, -0.2) is 23.4 Å². The SMILES string of the molecule is CCC(C)(C)N(C)C(=O)c1cc(N)ccc1F. The van der Waals surface area contributed by atoms with Gasteiger partial charge in [0.05, 0.1) is 5.56 Å². The zero-order valence-corrected chi connectivity index (χ0v) is 10.7. The number of carbonyl (C=O) groups is 1. The fourth-order valence-corrected chi connectivity index (χ4v) is 1.40. The Bertz CT molecular complexity index is 429. The van der Waals surface area contributed by atoms with Gasteiger partial charge < -0.3 is 10.6 Å². The van der Waals surface area contributed by atoms with Crippen molar-refractivity contribution in [1.82, 2.24) is 4.90 Å². The Morgan fingerprint density at radius 3 is 2.59 bits per heavy atom. The van der Waals surface area contributed by atoms with E-state index in [1.807, 2.05) is 20.8 Å². The molecule has 0 saturated carbocycles. The van der Waals surface area contributed by atoms with E-state index in [0.717, 1.165) is 6.42 Å². The minimum absolute atomic E-state index is 0.0222. The largest absolute Gasteiger partial charge is 0.399 e. The van der Waals surface area contributed by atoms with Crippen molar-refractivity contribution in [3.05, 3.63) is 29.6 Å². The van der Waals surface area contributed by atoms with Gasteiger partial charge in [0.2, 0.25) is 0 Å². The quantitative estimate of drug-likeness (QED) is 0.823. The van der Waals surface area contributed by atoms with Gasteiger partial charge >= 0.3 is 0 Å². The molecule has 17 heavy (non-hydrogen) atoms. The van der Waals surface area contributed by atoms with Crippen LogP contribution in [0.1, 0.15) is 37.6 Å². The Morgan fingerprint density at radius 1 is 1.47 bits per heavy atom. The summed E-state index contributed by atoms with van der Waals surface area (Å²) in [5.74, 6) is -0.885. The maximum absolute atomic E-state index is 13.6. The Kier molecular flexibility index (Phi) is 3.76. The summed E-state index contributed by atoms with van der Waals surface area (Å²) < 4.78 is 13.6. The Morgan fingerprint density at radius 2 is 2.06 bits per heavy atom. The first-order valence-corrected chi connectivity index (χ1v) is 5.62. The molecule has 0 aliphatic rings. The highest BCUT2D eigenvalue weighted by Gasteiger charge is 2.27. The molecule has 0 aliphatic heterocycles. The number of halogens is 1. The van der Waals surface area contributed by atoms with E-state index < -0.39 is 5.82 Å². The maximum Gasteiger partial charge on any atom is 0.257 e. The first-order chi connectivity index (χ1) is 7.79. The molecule has 0 aromatic heterocycles. The molecule has 4 heteroatoms. The van der Waals surface area contributed by atoms with Crippen LogP contribution in [0.4, 0.5) is 10.1 Å². The minimum atomic E-state index is -0.539. The van der Waals surface area contributed by atoms with E-state index in [-0.39, 0.29) is 17.0 Å². The summed E-state index contributed by atoms with van der Waals surface area (Å²) in [6.45, 7) is 5.86. The van der Waals surface area contributed by atoms with E-state index >= 15 is 0 Å². The van der Waals surface area contributed by atoms with Crippen molar-refractivity contribution in [1.29, 1.82) is 0 Å². The molecule has 2 N–H and O–H groups in total. The highest BCUT2D eigenvalue weighted by molar-refractivity contribution is 5.95. The third kappa shape index (κ3) is 2.75. The fourth-order valence-electron chi connectivity index (χ4n) is 1.40. The Labute approximate surface area is 101 Å². The van der Waals surface area contributed by atoms with Crippen LogP contribution < -0.4 is 5.73 Å². The first kappa shape index (κ1) is 13.5. The predicted octanol–water partition coefficient (Wildman–Crippen LogP) is 2.67. The van der Waals surface area contributed by atoms with Crippen molar-refractivity contribution >= 4 is 11.6 Å². The number of anilines is 1. The second-order valence-corrected chi connectivity index (χ2v) is 4.77. The van der Waals surface area contributed by atoms with Crippen LogP contribution in [0.15, 0.2) is 18.2 Å². The molecular formula is C13H19FN2O. The zero-order valence-electron chi connectivity index (χ0n) is 10.7. The monoisotopic (exact) mass is 238 g/mol. The van der Waals surface area contributed by atoms with Crippen LogP contribution >= 0.6 is 0 Å². The lowest BCUT2D eigenvalue weighted by Crippen LogP contribution is -2.44. The Balaban J connectivity index is 3.08. The van der Waals surface area contributed by atoms with Gasteiger partial charge in [-0.2, -0.15) is 0 Å². The van der Waals surface area contributed by atoms with Crippen LogP contribution in [0, 0.1) is 5.82 Å². The number of rotatable bonds is 3. The summed E-state index contributed by atoms with van der Waals surface area (Å²) in [5, 5.41) is 0. The Hall–Kier alpha value is -1.58.